The molecule has 1 aromatic rings. The molecule has 0 saturated carbocycles. The summed E-state index contributed by atoms with van der Waals surface area (Å²) in [5.41, 5.74) is 6.64. The van der Waals surface area contributed by atoms with Gasteiger partial charge >= 0.3 is 5.97 Å². The second-order valence-electron chi connectivity index (χ2n) is 6.75. The highest BCUT2D eigenvalue weighted by molar-refractivity contribution is 5.91. The normalized spacial score (nSPS) is 14.3. The number of benzene rings is 1. The van der Waals surface area contributed by atoms with E-state index in [0.717, 1.165) is 5.56 Å². The smallest absolute Gasteiger partial charge is 0.328 e. The number of phenolic OH excluding ortho intramolecular Hbond substituents is 1. The van der Waals surface area contributed by atoms with Gasteiger partial charge in [-0.15, -0.1) is 0 Å². The predicted molar refractivity (Wildman–Crippen MR) is 97.8 cm³/mol. The van der Waals surface area contributed by atoms with E-state index in [4.69, 9.17) is 15.9 Å². The van der Waals surface area contributed by atoms with Crippen molar-refractivity contribution in [3.8, 4) is 5.75 Å². The molecule has 2 amide bonds. The maximum absolute atomic E-state index is 12.4. The quantitative estimate of drug-likeness (QED) is 0.314. The second-order valence-corrected chi connectivity index (χ2v) is 6.75. The molecule has 0 aromatic heterocycles. The number of aliphatic hydroxyl groups is 1. The lowest BCUT2D eigenvalue weighted by Gasteiger charge is -2.23. The van der Waals surface area contributed by atoms with Crippen LogP contribution in [0.2, 0.25) is 0 Å². The molecule has 1 aromatic carbocycles. The molecule has 9 nitrogen and oxygen atoms in total. The number of phenols is 1. The molecule has 27 heavy (non-hydrogen) atoms. The van der Waals surface area contributed by atoms with Gasteiger partial charge in [0.05, 0.1) is 12.6 Å². The molecule has 0 saturated heterocycles. The third kappa shape index (κ3) is 7.63. The van der Waals surface area contributed by atoms with E-state index < -0.39 is 42.5 Å². The highest BCUT2D eigenvalue weighted by Gasteiger charge is 2.28. The zero-order valence-electron chi connectivity index (χ0n) is 15.4. The van der Waals surface area contributed by atoms with E-state index in [1.54, 1.807) is 12.1 Å². The number of carbonyl (C=O) groups is 3. The fourth-order valence-corrected chi connectivity index (χ4v) is 2.42. The molecule has 150 valence electrons. The fraction of sp³-hybridized carbons (Fsp3) is 0.500. The van der Waals surface area contributed by atoms with Crippen molar-refractivity contribution >= 4 is 17.8 Å². The number of aromatic hydroxyl groups is 1. The molecule has 0 heterocycles. The summed E-state index contributed by atoms with van der Waals surface area (Å²) in [6.45, 7) is 2.94. The third-order valence-electron chi connectivity index (χ3n) is 3.87. The summed E-state index contributed by atoms with van der Waals surface area (Å²) in [6.07, 6.45) is 0.484. The first-order valence-electron chi connectivity index (χ1n) is 8.62. The lowest BCUT2D eigenvalue weighted by Crippen LogP contribution is -2.55. The SMILES string of the molecule is CC(C)CC(NC(=O)C(N)Cc1ccc(O)cc1)C(=O)NC(CO)C(=O)O. The number of hydrogen-bond donors (Lipinski definition) is 6. The molecule has 0 aliphatic rings. The Balaban J connectivity index is 2.76. The van der Waals surface area contributed by atoms with E-state index in [2.05, 4.69) is 10.6 Å². The van der Waals surface area contributed by atoms with Crippen molar-refractivity contribution in [3.05, 3.63) is 29.8 Å². The van der Waals surface area contributed by atoms with Crippen LogP contribution in [-0.2, 0) is 20.8 Å². The van der Waals surface area contributed by atoms with Crippen LogP contribution in [0.4, 0.5) is 0 Å². The molecule has 0 aliphatic carbocycles. The van der Waals surface area contributed by atoms with E-state index in [0.29, 0.717) is 0 Å². The summed E-state index contributed by atoms with van der Waals surface area (Å²) >= 11 is 0. The molecule has 0 bridgehead atoms. The molecular weight excluding hydrogens is 354 g/mol. The Morgan fingerprint density at radius 3 is 2.07 bits per heavy atom. The zero-order chi connectivity index (χ0) is 20.6. The lowest BCUT2D eigenvalue weighted by molar-refractivity contribution is -0.143. The van der Waals surface area contributed by atoms with Gasteiger partial charge in [-0.1, -0.05) is 26.0 Å². The number of rotatable bonds is 10. The van der Waals surface area contributed by atoms with Gasteiger partial charge in [0.25, 0.3) is 0 Å². The standard InChI is InChI=1S/C18H27N3O6/c1-10(2)7-14(17(25)21-15(9-22)18(26)27)20-16(24)13(19)8-11-3-5-12(23)6-4-11/h3-6,10,13-15,22-23H,7-9,19H2,1-2H3,(H,20,24)(H,21,25)(H,26,27). The topological polar surface area (TPSA) is 162 Å². The van der Waals surface area contributed by atoms with Gasteiger partial charge < -0.3 is 31.7 Å². The summed E-state index contributed by atoms with van der Waals surface area (Å²) in [6, 6.07) is 2.89. The number of carboxylic acid groups (broad SMARTS) is 1. The minimum atomic E-state index is -1.45. The van der Waals surface area contributed by atoms with Crippen molar-refractivity contribution < 1.29 is 29.7 Å². The molecule has 9 heteroatoms. The van der Waals surface area contributed by atoms with Crippen molar-refractivity contribution in [1.29, 1.82) is 0 Å². The van der Waals surface area contributed by atoms with E-state index >= 15 is 0 Å². The molecule has 0 spiro atoms. The first kappa shape index (κ1) is 22.4. The third-order valence-corrected chi connectivity index (χ3v) is 3.87. The summed E-state index contributed by atoms with van der Waals surface area (Å²) in [7, 11) is 0. The van der Waals surface area contributed by atoms with Crippen LogP contribution < -0.4 is 16.4 Å². The first-order chi connectivity index (χ1) is 12.6. The average Bonchev–Trinajstić information content (AvgIpc) is 2.59. The Bertz CT molecular complexity index is 647. The molecule has 0 fully saturated rings. The Morgan fingerprint density at radius 2 is 1.59 bits per heavy atom. The van der Waals surface area contributed by atoms with Crippen LogP contribution >= 0.6 is 0 Å². The van der Waals surface area contributed by atoms with Crippen molar-refractivity contribution in [2.24, 2.45) is 11.7 Å². The van der Waals surface area contributed by atoms with Crippen LogP contribution in [0, 0.1) is 5.92 Å². The second kappa shape index (κ2) is 10.5. The number of aliphatic carboxylic acids is 1. The Labute approximate surface area is 157 Å². The molecule has 3 atom stereocenters. The highest BCUT2D eigenvalue weighted by atomic mass is 16.4. The van der Waals surface area contributed by atoms with Crippen molar-refractivity contribution in [3.63, 3.8) is 0 Å². The molecule has 0 radical (unpaired) electrons. The van der Waals surface area contributed by atoms with Crippen molar-refractivity contribution in [1.82, 2.24) is 10.6 Å². The van der Waals surface area contributed by atoms with Crippen LogP contribution in [-0.4, -0.2) is 57.8 Å². The van der Waals surface area contributed by atoms with Gasteiger partial charge in [-0.05, 0) is 36.5 Å². The van der Waals surface area contributed by atoms with Crippen LogP contribution in [0.5, 0.6) is 5.75 Å². The zero-order valence-corrected chi connectivity index (χ0v) is 15.4. The Morgan fingerprint density at radius 1 is 1.04 bits per heavy atom. The number of nitrogens with two attached hydrogens (primary N) is 1. The van der Waals surface area contributed by atoms with Gasteiger partial charge in [-0.2, -0.15) is 0 Å². The minimum Gasteiger partial charge on any atom is -0.508 e. The highest BCUT2D eigenvalue weighted by Crippen LogP contribution is 2.11. The maximum atomic E-state index is 12.4. The molecule has 1 rings (SSSR count). The predicted octanol–water partition coefficient (Wildman–Crippen LogP) is -0.645. The minimum absolute atomic E-state index is 0.0479. The number of carbonyl (C=O) groups excluding carboxylic acids is 2. The summed E-state index contributed by atoms with van der Waals surface area (Å²) in [4.78, 5) is 35.7. The van der Waals surface area contributed by atoms with Gasteiger partial charge in [0.15, 0.2) is 0 Å². The van der Waals surface area contributed by atoms with Gasteiger partial charge in [0.2, 0.25) is 11.8 Å². The monoisotopic (exact) mass is 381 g/mol. The van der Waals surface area contributed by atoms with Gasteiger partial charge in [-0.3, -0.25) is 9.59 Å². The molecule has 7 N–H and O–H groups in total. The molecule has 0 aliphatic heterocycles. The maximum Gasteiger partial charge on any atom is 0.328 e. The summed E-state index contributed by atoms with van der Waals surface area (Å²) < 4.78 is 0. The summed E-state index contributed by atoms with van der Waals surface area (Å²) in [5.74, 6) is -2.48. The van der Waals surface area contributed by atoms with Crippen LogP contribution in [0.1, 0.15) is 25.8 Å². The lowest BCUT2D eigenvalue weighted by atomic mass is 10.0. The van der Waals surface area contributed by atoms with E-state index in [-0.39, 0.29) is 24.5 Å². The number of aliphatic hydroxyl groups excluding tert-OH is 1. The fourth-order valence-electron chi connectivity index (χ4n) is 2.42. The number of carboxylic acids is 1. The molecule has 3 unspecified atom stereocenters. The molecular formula is C18H27N3O6. The van der Waals surface area contributed by atoms with E-state index in [1.165, 1.54) is 12.1 Å². The number of amides is 2. The van der Waals surface area contributed by atoms with Gasteiger partial charge in [0.1, 0.15) is 17.8 Å². The number of hydrogen-bond acceptors (Lipinski definition) is 6. The Hall–Kier alpha value is -2.65. The van der Waals surface area contributed by atoms with Crippen molar-refractivity contribution in [2.75, 3.05) is 6.61 Å². The number of nitrogens with one attached hydrogen (secondary N) is 2. The Kier molecular flexibility index (Phi) is 8.70. The van der Waals surface area contributed by atoms with E-state index in [9.17, 15) is 19.5 Å². The van der Waals surface area contributed by atoms with Crippen molar-refractivity contribution in [2.45, 2.75) is 44.8 Å². The van der Waals surface area contributed by atoms with Crippen LogP contribution in [0.15, 0.2) is 24.3 Å². The van der Waals surface area contributed by atoms with Crippen LogP contribution in [0.25, 0.3) is 0 Å². The summed E-state index contributed by atoms with van der Waals surface area (Å²) in [5, 5.41) is 32.0. The van der Waals surface area contributed by atoms with E-state index in [1.807, 2.05) is 13.8 Å². The average molecular weight is 381 g/mol. The first-order valence-corrected chi connectivity index (χ1v) is 8.62. The van der Waals surface area contributed by atoms with Gasteiger partial charge in [0, 0.05) is 0 Å². The van der Waals surface area contributed by atoms with Gasteiger partial charge in [-0.25, -0.2) is 4.79 Å². The van der Waals surface area contributed by atoms with Crippen LogP contribution in [0.3, 0.4) is 0 Å². The largest absolute Gasteiger partial charge is 0.508 e.